The van der Waals surface area contributed by atoms with Crippen LogP contribution in [0.2, 0.25) is 0 Å². The van der Waals surface area contributed by atoms with Gasteiger partial charge in [0.2, 0.25) is 0 Å². The molecule has 0 spiro atoms. The molecule has 0 saturated carbocycles. The Bertz CT molecular complexity index is 1040. The second-order valence-corrected chi connectivity index (χ2v) is 6.77. The van der Waals surface area contributed by atoms with E-state index in [-0.39, 0.29) is 11.7 Å². The molecule has 0 saturated heterocycles. The number of methoxy groups -OCH3 is 2. The first-order valence-electron chi connectivity index (χ1n) is 8.82. The van der Waals surface area contributed by atoms with Crippen LogP contribution >= 0.6 is 0 Å². The second kappa shape index (κ2) is 6.61. The van der Waals surface area contributed by atoms with Gasteiger partial charge in [0, 0.05) is 24.0 Å². The molecule has 2 aromatic carbocycles. The number of hydrogen-bond donors (Lipinski definition) is 1. The van der Waals surface area contributed by atoms with Crippen LogP contribution in [0.1, 0.15) is 27.2 Å². The van der Waals surface area contributed by atoms with Gasteiger partial charge in [-0.05, 0) is 60.4 Å². The molecule has 6 heteroatoms. The van der Waals surface area contributed by atoms with E-state index in [1.165, 1.54) is 12.1 Å². The lowest BCUT2D eigenvalue weighted by Crippen LogP contribution is -2.36. The number of nitrogens with zero attached hydrogens (tertiary/aromatic N) is 1. The first kappa shape index (κ1) is 17.4. The van der Waals surface area contributed by atoms with E-state index in [1.54, 1.807) is 20.3 Å². The van der Waals surface area contributed by atoms with Crippen LogP contribution in [0.3, 0.4) is 0 Å². The fourth-order valence-corrected chi connectivity index (χ4v) is 3.74. The smallest absolute Gasteiger partial charge is 0.270 e. The van der Waals surface area contributed by atoms with Crippen LogP contribution in [0.15, 0.2) is 30.3 Å². The topological polar surface area (TPSA) is 54.6 Å². The maximum Gasteiger partial charge on any atom is 0.270 e. The van der Waals surface area contributed by atoms with Gasteiger partial charge in [-0.1, -0.05) is 0 Å². The van der Waals surface area contributed by atoms with Crippen LogP contribution < -0.4 is 9.47 Å². The van der Waals surface area contributed by atoms with Crippen molar-refractivity contribution < 1.29 is 18.7 Å². The van der Waals surface area contributed by atoms with E-state index in [2.05, 4.69) is 4.98 Å². The molecule has 1 amide bonds. The minimum Gasteiger partial charge on any atom is -0.493 e. The summed E-state index contributed by atoms with van der Waals surface area (Å²) in [6, 6.07) is 8.44. The van der Waals surface area contributed by atoms with Crippen molar-refractivity contribution in [1.29, 1.82) is 0 Å². The molecule has 0 aliphatic carbocycles. The lowest BCUT2D eigenvalue weighted by molar-refractivity contribution is 0.0728. The molecule has 140 valence electrons. The highest BCUT2D eigenvalue weighted by atomic mass is 19.1. The Morgan fingerprint density at radius 3 is 2.52 bits per heavy atom. The number of fused-ring (bicyclic) bond motifs is 2. The molecule has 0 radical (unpaired) electrons. The van der Waals surface area contributed by atoms with Gasteiger partial charge in [-0.25, -0.2) is 4.39 Å². The SMILES string of the molecule is COc1cc2c(cc1OC)CN(C(=O)c1[nH]c3cc(F)ccc3c1C)CC2. The molecule has 3 aromatic rings. The van der Waals surface area contributed by atoms with E-state index in [4.69, 9.17) is 9.47 Å². The summed E-state index contributed by atoms with van der Waals surface area (Å²) >= 11 is 0. The third-order valence-electron chi connectivity index (χ3n) is 5.24. The van der Waals surface area contributed by atoms with Crippen LogP contribution in [0.25, 0.3) is 10.9 Å². The number of aromatic amines is 1. The Kier molecular flexibility index (Phi) is 4.26. The van der Waals surface area contributed by atoms with Gasteiger partial charge < -0.3 is 19.4 Å². The van der Waals surface area contributed by atoms with E-state index in [1.807, 2.05) is 24.0 Å². The van der Waals surface area contributed by atoms with Gasteiger partial charge in [0.05, 0.1) is 14.2 Å². The number of rotatable bonds is 3. The Balaban J connectivity index is 1.66. The summed E-state index contributed by atoms with van der Waals surface area (Å²) < 4.78 is 24.2. The minimum atomic E-state index is -0.323. The summed E-state index contributed by atoms with van der Waals surface area (Å²) in [7, 11) is 3.22. The van der Waals surface area contributed by atoms with Crippen molar-refractivity contribution in [3.05, 3.63) is 58.5 Å². The van der Waals surface area contributed by atoms with E-state index in [0.717, 1.165) is 28.5 Å². The van der Waals surface area contributed by atoms with Gasteiger partial charge in [0.25, 0.3) is 5.91 Å². The molecule has 1 aliphatic heterocycles. The van der Waals surface area contributed by atoms with E-state index in [0.29, 0.717) is 35.8 Å². The van der Waals surface area contributed by atoms with Crippen LogP contribution in [0, 0.1) is 12.7 Å². The molecule has 1 N–H and O–H groups in total. The van der Waals surface area contributed by atoms with Gasteiger partial charge in [0.15, 0.2) is 11.5 Å². The molecule has 27 heavy (non-hydrogen) atoms. The normalized spacial score (nSPS) is 13.6. The number of H-pyrrole nitrogens is 1. The highest BCUT2D eigenvalue weighted by Gasteiger charge is 2.26. The number of amides is 1. The zero-order chi connectivity index (χ0) is 19.1. The van der Waals surface area contributed by atoms with Crippen molar-refractivity contribution >= 4 is 16.8 Å². The van der Waals surface area contributed by atoms with E-state index >= 15 is 0 Å². The summed E-state index contributed by atoms with van der Waals surface area (Å²) in [5.74, 6) is 0.951. The van der Waals surface area contributed by atoms with Gasteiger partial charge in [-0.3, -0.25) is 4.79 Å². The van der Waals surface area contributed by atoms with Crippen molar-refractivity contribution in [3.63, 3.8) is 0 Å². The fraction of sp³-hybridized carbons (Fsp3) is 0.286. The van der Waals surface area contributed by atoms with Crippen molar-refractivity contribution in [2.75, 3.05) is 20.8 Å². The number of halogens is 1. The monoisotopic (exact) mass is 368 g/mol. The number of carbonyl (C=O) groups excluding carboxylic acids is 1. The quantitative estimate of drug-likeness (QED) is 0.764. The highest BCUT2D eigenvalue weighted by molar-refractivity contribution is 6.01. The number of aromatic nitrogens is 1. The number of nitrogens with one attached hydrogen (secondary N) is 1. The maximum absolute atomic E-state index is 13.5. The molecular formula is C21H21FN2O3. The third kappa shape index (κ3) is 2.91. The van der Waals surface area contributed by atoms with Crippen molar-refractivity contribution in [3.8, 4) is 11.5 Å². The predicted molar refractivity (Wildman–Crippen MR) is 101 cm³/mol. The number of aryl methyl sites for hydroxylation is 1. The third-order valence-corrected chi connectivity index (χ3v) is 5.24. The zero-order valence-electron chi connectivity index (χ0n) is 15.6. The lowest BCUT2D eigenvalue weighted by atomic mass is 9.98. The number of hydrogen-bond acceptors (Lipinski definition) is 3. The molecule has 1 aliphatic rings. The van der Waals surface area contributed by atoms with Crippen LogP contribution in [-0.2, 0) is 13.0 Å². The summed E-state index contributed by atoms with van der Waals surface area (Å²) in [5.41, 5.74) is 4.20. The van der Waals surface area contributed by atoms with Crippen LogP contribution in [0.4, 0.5) is 4.39 Å². The molecule has 0 bridgehead atoms. The zero-order valence-corrected chi connectivity index (χ0v) is 15.6. The molecular weight excluding hydrogens is 347 g/mol. The Hall–Kier alpha value is -3.02. The second-order valence-electron chi connectivity index (χ2n) is 6.77. The Morgan fingerprint density at radius 2 is 1.81 bits per heavy atom. The van der Waals surface area contributed by atoms with Crippen LogP contribution in [-0.4, -0.2) is 36.6 Å². The molecule has 5 nitrogen and oxygen atoms in total. The first-order valence-corrected chi connectivity index (χ1v) is 8.82. The molecule has 0 unspecified atom stereocenters. The van der Waals surface area contributed by atoms with Crippen molar-refractivity contribution in [2.24, 2.45) is 0 Å². The van der Waals surface area contributed by atoms with Crippen molar-refractivity contribution in [2.45, 2.75) is 19.9 Å². The van der Waals surface area contributed by atoms with Crippen LogP contribution in [0.5, 0.6) is 11.5 Å². The molecule has 2 heterocycles. The number of benzene rings is 2. The van der Waals surface area contributed by atoms with E-state index < -0.39 is 0 Å². The number of ether oxygens (including phenoxy) is 2. The van der Waals surface area contributed by atoms with Crippen molar-refractivity contribution in [1.82, 2.24) is 9.88 Å². The van der Waals surface area contributed by atoms with Gasteiger partial charge >= 0.3 is 0 Å². The van der Waals surface area contributed by atoms with E-state index in [9.17, 15) is 9.18 Å². The Labute approximate surface area is 156 Å². The number of carbonyl (C=O) groups is 1. The summed E-state index contributed by atoms with van der Waals surface area (Å²) in [6.07, 6.45) is 0.745. The minimum absolute atomic E-state index is 0.0791. The average Bonchev–Trinajstić information content (AvgIpc) is 3.01. The molecule has 0 atom stereocenters. The summed E-state index contributed by atoms with van der Waals surface area (Å²) in [4.78, 5) is 18.0. The molecule has 4 rings (SSSR count). The highest BCUT2D eigenvalue weighted by Crippen LogP contribution is 2.34. The average molecular weight is 368 g/mol. The molecule has 0 fully saturated rings. The van der Waals surface area contributed by atoms with Gasteiger partial charge in [0.1, 0.15) is 11.5 Å². The summed E-state index contributed by atoms with van der Waals surface area (Å²) in [5, 5.41) is 0.864. The maximum atomic E-state index is 13.5. The van der Waals surface area contributed by atoms with Gasteiger partial charge in [-0.2, -0.15) is 0 Å². The molecule has 1 aromatic heterocycles. The standard InChI is InChI=1S/C21H21FN2O3/c1-12-16-5-4-15(22)10-17(16)23-20(12)21(25)24-7-6-13-8-18(26-2)19(27-3)9-14(13)11-24/h4-5,8-10,23H,6-7,11H2,1-3H3. The largest absolute Gasteiger partial charge is 0.493 e. The van der Waals surface area contributed by atoms with Gasteiger partial charge in [-0.15, -0.1) is 0 Å². The fourth-order valence-electron chi connectivity index (χ4n) is 3.74. The first-order chi connectivity index (χ1) is 13.0. The Morgan fingerprint density at radius 1 is 1.11 bits per heavy atom. The predicted octanol–water partition coefficient (Wildman–Crippen LogP) is 3.83. The summed E-state index contributed by atoms with van der Waals surface area (Å²) in [6.45, 7) is 3.00. The lowest BCUT2D eigenvalue weighted by Gasteiger charge is -2.29.